The van der Waals surface area contributed by atoms with Crippen LogP contribution in [0.3, 0.4) is 0 Å². The van der Waals surface area contributed by atoms with E-state index in [4.69, 9.17) is 4.74 Å². The average molecular weight is 419 g/mol. The van der Waals surface area contributed by atoms with E-state index in [2.05, 4.69) is 67.7 Å². The van der Waals surface area contributed by atoms with Gasteiger partial charge in [0.2, 0.25) is 0 Å². The van der Waals surface area contributed by atoms with Crippen LogP contribution in [-0.2, 0) is 6.54 Å². The van der Waals surface area contributed by atoms with Crippen LogP contribution >= 0.6 is 43.2 Å². The SMILES string of the molecule is CCOc1c(Br)cc(Br)cc1CNC(C)c1cccs1. The molecule has 108 valence electrons. The van der Waals surface area contributed by atoms with Crippen LogP contribution in [0.25, 0.3) is 0 Å². The highest BCUT2D eigenvalue weighted by atomic mass is 79.9. The van der Waals surface area contributed by atoms with Crippen LogP contribution in [0.15, 0.2) is 38.6 Å². The molecule has 2 nitrogen and oxygen atoms in total. The van der Waals surface area contributed by atoms with Crippen LogP contribution < -0.4 is 10.1 Å². The fourth-order valence-electron chi connectivity index (χ4n) is 1.95. The van der Waals surface area contributed by atoms with Crippen molar-refractivity contribution < 1.29 is 4.74 Å². The van der Waals surface area contributed by atoms with E-state index in [0.29, 0.717) is 12.6 Å². The lowest BCUT2D eigenvalue weighted by atomic mass is 10.2. The predicted molar refractivity (Wildman–Crippen MR) is 92.6 cm³/mol. The van der Waals surface area contributed by atoms with E-state index >= 15 is 0 Å². The summed E-state index contributed by atoms with van der Waals surface area (Å²) in [5.41, 5.74) is 1.15. The lowest BCUT2D eigenvalue weighted by Gasteiger charge is -2.16. The molecule has 1 aromatic heterocycles. The first-order chi connectivity index (χ1) is 9.61. The third kappa shape index (κ3) is 4.07. The van der Waals surface area contributed by atoms with Crippen LogP contribution in [0.4, 0.5) is 0 Å². The molecule has 0 aliphatic rings. The molecular weight excluding hydrogens is 402 g/mol. The lowest BCUT2D eigenvalue weighted by Crippen LogP contribution is -2.18. The van der Waals surface area contributed by atoms with Gasteiger partial charge in [-0.25, -0.2) is 0 Å². The number of halogens is 2. The van der Waals surface area contributed by atoms with E-state index in [-0.39, 0.29) is 0 Å². The quantitative estimate of drug-likeness (QED) is 0.666. The first kappa shape index (κ1) is 16.0. The Labute approximate surface area is 140 Å². The van der Waals surface area contributed by atoms with Crippen molar-refractivity contribution in [2.75, 3.05) is 6.61 Å². The first-order valence-electron chi connectivity index (χ1n) is 6.49. The molecule has 20 heavy (non-hydrogen) atoms. The molecule has 0 spiro atoms. The molecule has 0 aliphatic heterocycles. The van der Waals surface area contributed by atoms with Crippen LogP contribution in [0.5, 0.6) is 5.75 Å². The van der Waals surface area contributed by atoms with Gasteiger partial charge in [0, 0.05) is 27.5 Å². The van der Waals surface area contributed by atoms with Crippen molar-refractivity contribution in [1.29, 1.82) is 0 Å². The molecule has 1 aromatic carbocycles. The molecule has 2 rings (SSSR count). The summed E-state index contributed by atoms with van der Waals surface area (Å²) in [5, 5.41) is 5.65. The number of hydrogen-bond donors (Lipinski definition) is 1. The van der Waals surface area contributed by atoms with Crippen molar-refractivity contribution in [2.45, 2.75) is 26.4 Å². The summed E-state index contributed by atoms with van der Waals surface area (Å²) in [6.45, 7) is 5.61. The van der Waals surface area contributed by atoms with E-state index < -0.39 is 0 Å². The molecular formula is C15H17Br2NOS. The van der Waals surface area contributed by atoms with Gasteiger partial charge in [-0.1, -0.05) is 22.0 Å². The Morgan fingerprint density at radius 1 is 1.35 bits per heavy atom. The van der Waals surface area contributed by atoms with Crippen molar-refractivity contribution in [3.05, 3.63) is 49.0 Å². The third-order valence-corrected chi connectivity index (χ3v) is 5.04. The van der Waals surface area contributed by atoms with Gasteiger partial charge in [0.15, 0.2) is 0 Å². The maximum Gasteiger partial charge on any atom is 0.138 e. The van der Waals surface area contributed by atoms with Gasteiger partial charge in [0.25, 0.3) is 0 Å². The molecule has 0 saturated heterocycles. The van der Waals surface area contributed by atoms with Crippen molar-refractivity contribution in [2.24, 2.45) is 0 Å². The van der Waals surface area contributed by atoms with Gasteiger partial charge in [-0.05, 0) is 53.4 Å². The summed E-state index contributed by atoms with van der Waals surface area (Å²) in [4.78, 5) is 1.34. The smallest absolute Gasteiger partial charge is 0.138 e. The average Bonchev–Trinajstić information content (AvgIpc) is 2.93. The molecule has 0 amide bonds. The highest BCUT2D eigenvalue weighted by Gasteiger charge is 2.12. The molecule has 2 aromatic rings. The second kappa shape index (κ2) is 7.59. The van der Waals surface area contributed by atoms with Gasteiger partial charge < -0.3 is 10.1 Å². The number of ether oxygens (including phenoxy) is 1. The zero-order valence-electron chi connectivity index (χ0n) is 11.5. The molecule has 0 radical (unpaired) electrons. The Hall–Kier alpha value is -0.360. The lowest BCUT2D eigenvalue weighted by molar-refractivity contribution is 0.332. The summed E-state index contributed by atoms with van der Waals surface area (Å²) < 4.78 is 7.77. The minimum absolute atomic E-state index is 0.335. The maximum absolute atomic E-state index is 5.74. The van der Waals surface area contributed by atoms with Crippen molar-refractivity contribution in [3.63, 3.8) is 0 Å². The monoisotopic (exact) mass is 417 g/mol. The van der Waals surface area contributed by atoms with Gasteiger partial charge in [-0.15, -0.1) is 11.3 Å². The summed E-state index contributed by atoms with van der Waals surface area (Å²) >= 11 is 8.87. The molecule has 1 atom stereocenters. The number of hydrogen-bond acceptors (Lipinski definition) is 3. The minimum Gasteiger partial charge on any atom is -0.492 e. The molecule has 0 bridgehead atoms. The van der Waals surface area contributed by atoms with E-state index in [9.17, 15) is 0 Å². The van der Waals surface area contributed by atoms with Gasteiger partial charge in [0.05, 0.1) is 11.1 Å². The van der Waals surface area contributed by atoms with Crippen molar-refractivity contribution in [3.8, 4) is 5.75 Å². The zero-order valence-corrected chi connectivity index (χ0v) is 15.4. The summed E-state index contributed by atoms with van der Waals surface area (Å²) in [6, 6.07) is 8.69. The third-order valence-electron chi connectivity index (χ3n) is 2.94. The number of rotatable bonds is 6. The second-order valence-electron chi connectivity index (χ2n) is 4.43. The van der Waals surface area contributed by atoms with Crippen LogP contribution in [0.2, 0.25) is 0 Å². The zero-order chi connectivity index (χ0) is 14.5. The molecule has 1 N–H and O–H groups in total. The highest BCUT2D eigenvalue weighted by molar-refractivity contribution is 9.11. The Morgan fingerprint density at radius 3 is 2.80 bits per heavy atom. The Balaban J connectivity index is 2.12. The predicted octanol–water partition coefficient (Wildman–Crippen LogP) is 5.52. The molecule has 1 heterocycles. The molecule has 0 aliphatic carbocycles. The Bertz CT molecular complexity index is 557. The topological polar surface area (TPSA) is 21.3 Å². The van der Waals surface area contributed by atoms with Crippen LogP contribution in [0.1, 0.15) is 30.3 Å². The van der Waals surface area contributed by atoms with Crippen molar-refractivity contribution in [1.82, 2.24) is 5.32 Å². The molecule has 5 heteroatoms. The van der Waals surface area contributed by atoms with Crippen LogP contribution in [-0.4, -0.2) is 6.61 Å². The molecule has 0 fully saturated rings. The van der Waals surface area contributed by atoms with Gasteiger partial charge in [-0.2, -0.15) is 0 Å². The van der Waals surface area contributed by atoms with E-state index in [1.54, 1.807) is 11.3 Å². The second-order valence-corrected chi connectivity index (χ2v) is 7.18. The molecule has 0 saturated carbocycles. The molecule has 1 unspecified atom stereocenters. The van der Waals surface area contributed by atoms with E-state index in [1.165, 1.54) is 4.88 Å². The number of thiophene rings is 1. The van der Waals surface area contributed by atoms with Gasteiger partial charge in [-0.3, -0.25) is 0 Å². The number of nitrogens with one attached hydrogen (secondary N) is 1. The number of benzene rings is 1. The maximum atomic E-state index is 5.74. The van der Waals surface area contributed by atoms with E-state index in [0.717, 1.165) is 26.8 Å². The minimum atomic E-state index is 0.335. The summed E-state index contributed by atoms with van der Waals surface area (Å²) in [6.07, 6.45) is 0. The first-order valence-corrected chi connectivity index (χ1v) is 8.96. The van der Waals surface area contributed by atoms with Crippen molar-refractivity contribution >= 4 is 43.2 Å². The van der Waals surface area contributed by atoms with Crippen LogP contribution in [0, 0.1) is 0 Å². The fraction of sp³-hybridized carbons (Fsp3) is 0.333. The normalized spacial score (nSPS) is 12.4. The van der Waals surface area contributed by atoms with E-state index in [1.807, 2.05) is 13.0 Å². The largest absolute Gasteiger partial charge is 0.492 e. The van der Waals surface area contributed by atoms with Gasteiger partial charge >= 0.3 is 0 Å². The van der Waals surface area contributed by atoms with Gasteiger partial charge in [0.1, 0.15) is 5.75 Å². The Morgan fingerprint density at radius 2 is 2.15 bits per heavy atom. The summed E-state index contributed by atoms with van der Waals surface area (Å²) in [5.74, 6) is 0.918. The Kier molecular flexibility index (Phi) is 6.08. The summed E-state index contributed by atoms with van der Waals surface area (Å²) in [7, 11) is 0. The highest BCUT2D eigenvalue weighted by Crippen LogP contribution is 2.33. The fourth-order valence-corrected chi connectivity index (χ4v) is 4.14. The standard InChI is InChI=1S/C15H17Br2NOS/c1-3-19-15-11(7-12(16)8-13(15)17)9-18-10(2)14-5-4-6-20-14/h4-8,10,18H,3,9H2,1-2H3.